The number of aliphatic hydroxyl groups excluding tert-OH is 2. The molecule has 1 aliphatic heterocycles. The zero-order valence-corrected chi connectivity index (χ0v) is 22.0. The Balaban J connectivity index is 1.25. The monoisotopic (exact) mass is 489 g/mol. The van der Waals surface area contributed by atoms with Gasteiger partial charge in [-0.05, 0) is 117 Å². The van der Waals surface area contributed by atoms with Crippen LogP contribution in [0.2, 0.25) is 0 Å². The summed E-state index contributed by atoms with van der Waals surface area (Å²) in [6.45, 7) is 7.80. The number of carboxylic acids is 1. The molecule has 5 fully saturated rings. The molecule has 198 valence electrons. The van der Waals surface area contributed by atoms with Crippen LogP contribution in [0.1, 0.15) is 97.8 Å². The second-order valence-electron chi connectivity index (χ2n) is 13.5. The van der Waals surface area contributed by atoms with Crippen LogP contribution in [0, 0.1) is 46.3 Å². The number of likely N-dealkylation sites (tertiary alicyclic amines) is 1. The lowest BCUT2D eigenvalue weighted by Crippen LogP contribution is -2.58. The van der Waals surface area contributed by atoms with E-state index in [1.54, 1.807) is 4.90 Å². The Kier molecular flexibility index (Phi) is 6.78. The molecule has 0 aromatic rings. The van der Waals surface area contributed by atoms with Crippen molar-refractivity contribution in [2.75, 3.05) is 6.54 Å². The molecule has 1 saturated heterocycles. The number of hydrogen-bond acceptors (Lipinski definition) is 4. The lowest BCUT2D eigenvalue weighted by Gasteiger charge is -2.62. The molecule has 1 heterocycles. The Morgan fingerprint density at radius 3 is 2.40 bits per heavy atom. The average molecular weight is 490 g/mol. The van der Waals surface area contributed by atoms with Gasteiger partial charge in [0.15, 0.2) is 0 Å². The van der Waals surface area contributed by atoms with Crippen molar-refractivity contribution in [3.63, 3.8) is 0 Å². The predicted octanol–water partition coefficient (Wildman–Crippen LogP) is 4.47. The number of fused-ring (bicyclic) bond motifs is 5. The van der Waals surface area contributed by atoms with Crippen LogP contribution in [0.15, 0.2) is 0 Å². The topological polar surface area (TPSA) is 98.1 Å². The summed E-state index contributed by atoms with van der Waals surface area (Å²) in [5.74, 6) is 2.27. The molecular formula is C29H47NO5. The molecule has 0 bridgehead atoms. The van der Waals surface area contributed by atoms with E-state index >= 15 is 0 Å². The van der Waals surface area contributed by atoms with Crippen molar-refractivity contribution in [3.05, 3.63) is 0 Å². The first-order chi connectivity index (χ1) is 16.6. The van der Waals surface area contributed by atoms with Crippen LogP contribution >= 0.6 is 0 Å². The maximum absolute atomic E-state index is 12.9. The first-order valence-corrected chi connectivity index (χ1v) is 14.4. The van der Waals surface area contributed by atoms with Gasteiger partial charge in [0, 0.05) is 13.0 Å². The van der Waals surface area contributed by atoms with Crippen LogP contribution in [0.25, 0.3) is 0 Å². The Morgan fingerprint density at radius 2 is 1.66 bits per heavy atom. The summed E-state index contributed by atoms with van der Waals surface area (Å²) in [6.07, 6.45) is 10.6. The van der Waals surface area contributed by atoms with Gasteiger partial charge in [-0.15, -0.1) is 0 Å². The van der Waals surface area contributed by atoms with Gasteiger partial charge in [0.1, 0.15) is 6.04 Å². The molecule has 0 aromatic heterocycles. The quantitative estimate of drug-likeness (QED) is 0.529. The smallest absolute Gasteiger partial charge is 0.326 e. The van der Waals surface area contributed by atoms with Gasteiger partial charge in [-0.3, -0.25) is 4.79 Å². The summed E-state index contributed by atoms with van der Waals surface area (Å²) in [6, 6.07) is -0.634. The zero-order valence-electron chi connectivity index (χ0n) is 22.0. The summed E-state index contributed by atoms with van der Waals surface area (Å²) in [5, 5.41) is 31.0. The molecule has 0 unspecified atom stereocenters. The van der Waals surface area contributed by atoms with Gasteiger partial charge in [-0.2, -0.15) is 0 Å². The fourth-order valence-electron chi connectivity index (χ4n) is 10.3. The number of carboxylic acid groups (broad SMARTS) is 1. The van der Waals surface area contributed by atoms with E-state index in [2.05, 4.69) is 20.8 Å². The molecule has 5 aliphatic rings. The van der Waals surface area contributed by atoms with Crippen LogP contribution < -0.4 is 0 Å². The molecule has 0 aromatic carbocycles. The molecule has 6 heteroatoms. The summed E-state index contributed by atoms with van der Waals surface area (Å²) in [7, 11) is 0. The van der Waals surface area contributed by atoms with E-state index in [-0.39, 0.29) is 34.9 Å². The van der Waals surface area contributed by atoms with E-state index in [0.29, 0.717) is 49.0 Å². The highest BCUT2D eigenvalue weighted by Crippen LogP contribution is 2.68. The van der Waals surface area contributed by atoms with Gasteiger partial charge in [0.25, 0.3) is 0 Å². The summed E-state index contributed by atoms with van der Waals surface area (Å²) >= 11 is 0. The minimum absolute atomic E-state index is 0.0130. The molecule has 1 amide bonds. The SMILES string of the molecule is C[C@H](CCC(=O)N1CCC[C@@H]1C(=O)O)[C@H]1CC[C@H]2[C@@H]3C[C@H](O)[C@@H]4C[C@H](O)CC[C@]4(C)[C@H]3CC[C@]12C. The van der Waals surface area contributed by atoms with Crippen LogP contribution in [-0.2, 0) is 9.59 Å². The number of rotatable bonds is 5. The third-order valence-electron chi connectivity index (χ3n) is 12.1. The van der Waals surface area contributed by atoms with Crippen molar-refractivity contribution >= 4 is 11.9 Å². The predicted molar refractivity (Wildman–Crippen MR) is 133 cm³/mol. The van der Waals surface area contributed by atoms with Gasteiger partial charge >= 0.3 is 5.97 Å². The van der Waals surface area contributed by atoms with E-state index in [9.17, 15) is 24.9 Å². The Morgan fingerprint density at radius 1 is 0.943 bits per heavy atom. The highest BCUT2D eigenvalue weighted by atomic mass is 16.4. The average Bonchev–Trinajstić information content (AvgIpc) is 3.43. The maximum atomic E-state index is 12.9. The minimum Gasteiger partial charge on any atom is -0.480 e. The van der Waals surface area contributed by atoms with Crippen molar-refractivity contribution in [3.8, 4) is 0 Å². The first kappa shape index (κ1) is 25.5. The van der Waals surface area contributed by atoms with Crippen LogP contribution in [0.3, 0.4) is 0 Å². The molecule has 0 spiro atoms. The minimum atomic E-state index is -0.870. The summed E-state index contributed by atoms with van der Waals surface area (Å²) < 4.78 is 0. The maximum Gasteiger partial charge on any atom is 0.326 e. The van der Waals surface area contributed by atoms with E-state index in [0.717, 1.165) is 38.5 Å². The zero-order chi connectivity index (χ0) is 25.1. The second-order valence-corrected chi connectivity index (χ2v) is 13.5. The molecule has 3 N–H and O–H groups in total. The Bertz CT molecular complexity index is 832. The van der Waals surface area contributed by atoms with Gasteiger partial charge in [0.05, 0.1) is 12.2 Å². The number of amides is 1. The Hall–Kier alpha value is -1.14. The fraction of sp³-hybridized carbons (Fsp3) is 0.931. The largest absolute Gasteiger partial charge is 0.480 e. The van der Waals surface area contributed by atoms with Gasteiger partial charge in [-0.1, -0.05) is 20.8 Å². The van der Waals surface area contributed by atoms with Crippen molar-refractivity contribution in [1.29, 1.82) is 0 Å². The molecule has 4 aliphatic carbocycles. The van der Waals surface area contributed by atoms with Gasteiger partial charge in [0.2, 0.25) is 5.91 Å². The molecule has 35 heavy (non-hydrogen) atoms. The fourth-order valence-corrected chi connectivity index (χ4v) is 10.3. The van der Waals surface area contributed by atoms with Crippen molar-refractivity contribution in [2.24, 2.45) is 46.3 Å². The second kappa shape index (κ2) is 9.31. The van der Waals surface area contributed by atoms with Gasteiger partial charge < -0.3 is 20.2 Å². The van der Waals surface area contributed by atoms with Crippen LogP contribution in [0.4, 0.5) is 0 Å². The van der Waals surface area contributed by atoms with Crippen molar-refractivity contribution < 1.29 is 24.9 Å². The standard InChI is InChI=1S/C29H47NO5/c1-17(6-9-26(33)30-14-4-5-24(30)27(34)35)20-7-8-21-19-16-25(32)23-15-18(31)10-12-29(23,3)22(19)11-13-28(20,21)2/h17-25,31-32H,4-16H2,1-3H3,(H,34,35)/t17-,18-,19+,20-,21+,22+,23+,24-,25+,28-,29-/m1/s1. The van der Waals surface area contributed by atoms with E-state index in [4.69, 9.17) is 0 Å². The van der Waals surface area contributed by atoms with Crippen LogP contribution in [-0.4, -0.2) is 56.9 Å². The normalized spacial score (nSPS) is 48.1. The summed E-state index contributed by atoms with van der Waals surface area (Å²) in [4.78, 5) is 26.0. The molecular weight excluding hydrogens is 442 g/mol. The molecule has 11 atom stereocenters. The third kappa shape index (κ3) is 4.15. The number of carbonyl (C=O) groups is 2. The van der Waals surface area contributed by atoms with Crippen molar-refractivity contribution in [1.82, 2.24) is 4.90 Å². The van der Waals surface area contributed by atoms with E-state index in [1.807, 2.05) is 0 Å². The highest BCUT2D eigenvalue weighted by molar-refractivity contribution is 5.84. The number of aliphatic carboxylic acids is 1. The number of carbonyl (C=O) groups excluding carboxylic acids is 1. The third-order valence-corrected chi connectivity index (χ3v) is 12.1. The van der Waals surface area contributed by atoms with Crippen LogP contribution in [0.5, 0.6) is 0 Å². The highest BCUT2D eigenvalue weighted by Gasteiger charge is 2.62. The van der Waals surface area contributed by atoms with Gasteiger partial charge in [-0.25, -0.2) is 4.79 Å². The summed E-state index contributed by atoms with van der Waals surface area (Å²) in [5.41, 5.74) is 0.410. The Labute approximate surface area is 210 Å². The van der Waals surface area contributed by atoms with Crippen molar-refractivity contribution in [2.45, 2.75) is 116 Å². The molecule has 5 rings (SSSR count). The lowest BCUT2D eigenvalue weighted by molar-refractivity contribution is -0.172. The molecule has 4 saturated carbocycles. The molecule has 6 nitrogen and oxygen atoms in total. The number of hydrogen-bond donors (Lipinski definition) is 3. The lowest BCUT2D eigenvalue weighted by atomic mass is 9.44. The van der Waals surface area contributed by atoms with E-state index < -0.39 is 12.0 Å². The number of aliphatic hydroxyl groups is 2. The molecule has 0 radical (unpaired) electrons. The number of nitrogens with zero attached hydrogens (tertiary/aromatic N) is 1. The van der Waals surface area contributed by atoms with E-state index in [1.165, 1.54) is 25.7 Å². The first-order valence-electron chi connectivity index (χ1n) is 14.4.